The quantitative estimate of drug-likeness (QED) is 0.786. The van der Waals surface area contributed by atoms with E-state index in [4.69, 9.17) is 0 Å². The van der Waals surface area contributed by atoms with Gasteiger partial charge >= 0.3 is 0 Å². The largest absolute Gasteiger partial charge is 0.300 e. The first-order valence-electron chi connectivity index (χ1n) is 7.44. The standard InChI is InChI=1S/C16H23BrN2/c17-11-15(14-5-2-1-3-6-14)12-18-9-10-19-8-4-7-16(19)13-18/h1-3,5-6,15-16H,4,7-13H2. The summed E-state index contributed by atoms with van der Waals surface area (Å²) in [4.78, 5) is 5.35. The highest BCUT2D eigenvalue weighted by atomic mass is 79.9. The molecule has 0 aliphatic carbocycles. The summed E-state index contributed by atoms with van der Waals surface area (Å²) >= 11 is 3.70. The van der Waals surface area contributed by atoms with E-state index in [0.717, 1.165) is 11.4 Å². The van der Waals surface area contributed by atoms with E-state index in [2.05, 4.69) is 56.1 Å². The van der Waals surface area contributed by atoms with Crippen LogP contribution in [0.1, 0.15) is 24.3 Å². The summed E-state index contributed by atoms with van der Waals surface area (Å²) in [5.41, 5.74) is 1.47. The zero-order valence-corrected chi connectivity index (χ0v) is 13.1. The molecule has 3 heteroatoms. The van der Waals surface area contributed by atoms with Crippen LogP contribution in [0.4, 0.5) is 0 Å². The minimum Gasteiger partial charge on any atom is -0.300 e. The van der Waals surface area contributed by atoms with Gasteiger partial charge in [0.1, 0.15) is 0 Å². The van der Waals surface area contributed by atoms with Gasteiger partial charge in [-0.05, 0) is 24.9 Å². The second kappa shape index (κ2) is 6.38. The Hall–Kier alpha value is -0.380. The molecule has 1 aromatic carbocycles. The summed E-state index contributed by atoms with van der Waals surface area (Å²) in [6.45, 7) is 6.32. The second-order valence-electron chi connectivity index (χ2n) is 5.85. The minimum absolute atomic E-state index is 0.620. The molecule has 2 heterocycles. The fourth-order valence-electron chi connectivity index (χ4n) is 3.50. The van der Waals surface area contributed by atoms with Crippen molar-refractivity contribution >= 4 is 15.9 Å². The number of rotatable bonds is 4. The summed E-state index contributed by atoms with van der Waals surface area (Å²) in [5.74, 6) is 0.620. The first kappa shape index (κ1) is 13.6. The number of hydrogen-bond donors (Lipinski definition) is 0. The predicted octanol–water partition coefficient (Wildman–Crippen LogP) is 2.95. The smallest absolute Gasteiger partial charge is 0.0224 e. The molecule has 0 spiro atoms. The maximum Gasteiger partial charge on any atom is 0.0224 e. The van der Waals surface area contributed by atoms with Gasteiger partial charge < -0.3 is 0 Å². The molecule has 0 saturated carbocycles. The molecule has 2 aliphatic heterocycles. The summed E-state index contributed by atoms with van der Waals surface area (Å²) < 4.78 is 0. The van der Waals surface area contributed by atoms with Crippen LogP contribution >= 0.6 is 15.9 Å². The van der Waals surface area contributed by atoms with Gasteiger partial charge in [0.05, 0.1) is 0 Å². The zero-order valence-electron chi connectivity index (χ0n) is 11.5. The zero-order chi connectivity index (χ0) is 13.1. The Morgan fingerprint density at radius 1 is 1.16 bits per heavy atom. The summed E-state index contributed by atoms with van der Waals surface area (Å²) in [6.07, 6.45) is 2.81. The van der Waals surface area contributed by atoms with Gasteiger partial charge in [-0.15, -0.1) is 0 Å². The normalized spacial score (nSPS) is 26.3. The van der Waals surface area contributed by atoms with Crippen LogP contribution < -0.4 is 0 Å². The maximum atomic E-state index is 3.70. The van der Waals surface area contributed by atoms with Gasteiger partial charge in [0, 0.05) is 43.5 Å². The van der Waals surface area contributed by atoms with Crippen LogP contribution in [0.15, 0.2) is 30.3 Å². The lowest BCUT2D eigenvalue weighted by atomic mass is 10.00. The molecule has 2 fully saturated rings. The van der Waals surface area contributed by atoms with Crippen LogP contribution in [0.2, 0.25) is 0 Å². The summed E-state index contributed by atoms with van der Waals surface area (Å²) in [7, 11) is 0. The monoisotopic (exact) mass is 322 g/mol. The lowest BCUT2D eigenvalue weighted by Crippen LogP contribution is -2.51. The number of alkyl halides is 1. The first-order valence-corrected chi connectivity index (χ1v) is 8.56. The molecule has 104 valence electrons. The van der Waals surface area contributed by atoms with Crippen LogP contribution in [-0.2, 0) is 0 Å². The average molecular weight is 323 g/mol. The van der Waals surface area contributed by atoms with Crippen molar-refractivity contribution in [3.63, 3.8) is 0 Å². The molecule has 2 unspecified atom stereocenters. The van der Waals surface area contributed by atoms with Crippen molar-refractivity contribution in [1.82, 2.24) is 9.80 Å². The molecule has 1 aromatic rings. The van der Waals surface area contributed by atoms with Crippen LogP contribution in [0.25, 0.3) is 0 Å². The second-order valence-corrected chi connectivity index (χ2v) is 6.50. The van der Waals surface area contributed by atoms with E-state index >= 15 is 0 Å². The van der Waals surface area contributed by atoms with Crippen molar-refractivity contribution in [3.05, 3.63) is 35.9 Å². The highest BCUT2D eigenvalue weighted by Gasteiger charge is 2.31. The van der Waals surface area contributed by atoms with E-state index in [1.54, 1.807) is 0 Å². The number of hydrogen-bond acceptors (Lipinski definition) is 2. The Bertz CT molecular complexity index is 395. The van der Waals surface area contributed by atoms with Gasteiger partial charge in [-0.2, -0.15) is 0 Å². The van der Waals surface area contributed by atoms with Crippen molar-refractivity contribution in [2.75, 3.05) is 38.1 Å². The molecule has 0 aromatic heterocycles. The Balaban J connectivity index is 1.60. The number of benzene rings is 1. The minimum atomic E-state index is 0.620. The SMILES string of the molecule is BrCC(CN1CCN2CCCC2C1)c1ccccc1. The number of nitrogens with zero attached hydrogens (tertiary/aromatic N) is 2. The van der Waals surface area contributed by atoms with Crippen molar-refractivity contribution in [2.24, 2.45) is 0 Å². The Kier molecular flexibility index (Phi) is 4.57. The first-order chi connectivity index (χ1) is 9.36. The van der Waals surface area contributed by atoms with Gasteiger partial charge in [-0.1, -0.05) is 46.3 Å². The van der Waals surface area contributed by atoms with Crippen molar-refractivity contribution in [1.29, 1.82) is 0 Å². The van der Waals surface area contributed by atoms with E-state index in [9.17, 15) is 0 Å². The topological polar surface area (TPSA) is 6.48 Å². The fourth-order valence-corrected chi connectivity index (χ4v) is 4.08. The Morgan fingerprint density at radius 3 is 2.79 bits per heavy atom. The molecule has 2 aliphatic rings. The third kappa shape index (κ3) is 3.21. The highest BCUT2D eigenvalue weighted by molar-refractivity contribution is 9.09. The fraction of sp³-hybridized carbons (Fsp3) is 0.625. The lowest BCUT2D eigenvalue weighted by Gasteiger charge is -2.38. The van der Waals surface area contributed by atoms with E-state index in [-0.39, 0.29) is 0 Å². The Morgan fingerprint density at radius 2 is 2.00 bits per heavy atom. The molecular weight excluding hydrogens is 300 g/mol. The number of fused-ring (bicyclic) bond motifs is 1. The molecule has 3 rings (SSSR count). The highest BCUT2D eigenvalue weighted by Crippen LogP contribution is 2.25. The van der Waals surface area contributed by atoms with Gasteiger partial charge in [-0.25, -0.2) is 0 Å². The lowest BCUT2D eigenvalue weighted by molar-refractivity contribution is 0.101. The molecule has 2 atom stereocenters. The Labute approximate surface area is 124 Å². The van der Waals surface area contributed by atoms with E-state index < -0.39 is 0 Å². The van der Waals surface area contributed by atoms with E-state index in [1.807, 2.05) is 0 Å². The van der Waals surface area contributed by atoms with Gasteiger partial charge in [-0.3, -0.25) is 9.80 Å². The van der Waals surface area contributed by atoms with E-state index in [0.29, 0.717) is 5.92 Å². The maximum absolute atomic E-state index is 3.70. The summed E-state index contributed by atoms with van der Waals surface area (Å²) in [5, 5.41) is 1.06. The van der Waals surface area contributed by atoms with Crippen LogP contribution in [0.3, 0.4) is 0 Å². The number of piperazine rings is 1. The molecule has 2 nitrogen and oxygen atoms in total. The summed E-state index contributed by atoms with van der Waals surface area (Å²) in [6, 6.07) is 11.8. The number of halogens is 1. The molecule has 0 amide bonds. The van der Waals surface area contributed by atoms with E-state index in [1.165, 1.54) is 51.1 Å². The third-order valence-electron chi connectivity index (χ3n) is 4.61. The van der Waals surface area contributed by atoms with Crippen LogP contribution in [0.5, 0.6) is 0 Å². The van der Waals surface area contributed by atoms with Crippen molar-refractivity contribution in [2.45, 2.75) is 24.8 Å². The van der Waals surface area contributed by atoms with Crippen molar-refractivity contribution < 1.29 is 0 Å². The van der Waals surface area contributed by atoms with Gasteiger partial charge in [0.25, 0.3) is 0 Å². The average Bonchev–Trinajstić information content (AvgIpc) is 2.93. The third-order valence-corrected chi connectivity index (χ3v) is 5.39. The molecule has 0 N–H and O–H groups in total. The van der Waals surface area contributed by atoms with Crippen LogP contribution in [0, 0.1) is 0 Å². The van der Waals surface area contributed by atoms with Crippen molar-refractivity contribution in [3.8, 4) is 0 Å². The van der Waals surface area contributed by atoms with Gasteiger partial charge in [0.15, 0.2) is 0 Å². The molecule has 2 saturated heterocycles. The molecule has 19 heavy (non-hydrogen) atoms. The molecule has 0 bridgehead atoms. The predicted molar refractivity (Wildman–Crippen MR) is 84.0 cm³/mol. The van der Waals surface area contributed by atoms with Crippen LogP contribution in [-0.4, -0.2) is 53.9 Å². The molecular formula is C16H23BrN2. The molecule has 0 radical (unpaired) electrons. The van der Waals surface area contributed by atoms with Gasteiger partial charge in [0.2, 0.25) is 0 Å².